The van der Waals surface area contributed by atoms with Gasteiger partial charge in [0.15, 0.2) is 0 Å². The summed E-state index contributed by atoms with van der Waals surface area (Å²) in [6.07, 6.45) is 0. The van der Waals surface area contributed by atoms with Crippen LogP contribution in [0.4, 0.5) is 0 Å². The summed E-state index contributed by atoms with van der Waals surface area (Å²) >= 11 is 0. The second-order valence-electron chi connectivity index (χ2n) is 5.05. The SMILES string of the molecule is CCOC(=O)C1C(C)=C(C)C(C)=C(C)C(C)=C1C. The van der Waals surface area contributed by atoms with Gasteiger partial charge in [-0.3, -0.25) is 4.79 Å². The molecule has 1 rings (SSSR count). The maximum absolute atomic E-state index is 12.2. The number of hydrogen-bond donors (Lipinski definition) is 0. The lowest BCUT2D eigenvalue weighted by Crippen LogP contribution is -2.21. The summed E-state index contributed by atoms with van der Waals surface area (Å²) in [5.41, 5.74) is 7.19. The molecule has 0 amide bonds. The van der Waals surface area contributed by atoms with Gasteiger partial charge in [-0.1, -0.05) is 11.1 Å². The Labute approximate surface area is 110 Å². The first-order valence-corrected chi connectivity index (χ1v) is 6.52. The Morgan fingerprint density at radius 3 is 1.61 bits per heavy atom. The van der Waals surface area contributed by atoms with E-state index in [0.717, 1.165) is 11.1 Å². The van der Waals surface area contributed by atoms with Crippen LogP contribution in [0.2, 0.25) is 0 Å². The molecule has 0 atom stereocenters. The number of ether oxygens (including phenoxy) is 1. The van der Waals surface area contributed by atoms with E-state index in [0.29, 0.717) is 6.61 Å². The summed E-state index contributed by atoms with van der Waals surface area (Å²) in [5, 5.41) is 0. The Bertz CT molecular complexity index is 427. The molecule has 1 aliphatic rings. The van der Waals surface area contributed by atoms with Gasteiger partial charge in [-0.05, 0) is 70.8 Å². The van der Waals surface area contributed by atoms with Crippen molar-refractivity contribution in [2.45, 2.75) is 48.5 Å². The van der Waals surface area contributed by atoms with Crippen LogP contribution in [-0.2, 0) is 9.53 Å². The summed E-state index contributed by atoms with van der Waals surface area (Å²) in [6.45, 7) is 14.8. The number of allylic oxidation sites excluding steroid dienone is 4. The van der Waals surface area contributed by atoms with Gasteiger partial charge >= 0.3 is 5.97 Å². The highest BCUT2D eigenvalue weighted by molar-refractivity contribution is 5.81. The Hall–Kier alpha value is -1.31. The van der Waals surface area contributed by atoms with E-state index in [4.69, 9.17) is 4.74 Å². The van der Waals surface area contributed by atoms with Crippen molar-refractivity contribution in [3.8, 4) is 0 Å². The highest BCUT2D eigenvalue weighted by atomic mass is 16.5. The molecule has 1 aliphatic carbocycles. The van der Waals surface area contributed by atoms with Crippen molar-refractivity contribution < 1.29 is 9.53 Å². The van der Waals surface area contributed by atoms with Crippen LogP contribution in [0, 0.1) is 5.92 Å². The third kappa shape index (κ3) is 2.43. The zero-order chi connectivity index (χ0) is 14.0. The van der Waals surface area contributed by atoms with E-state index in [1.54, 1.807) is 0 Å². The molecule has 0 aromatic heterocycles. The fourth-order valence-corrected chi connectivity index (χ4v) is 2.49. The van der Waals surface area contributed by atoms with Crippen LogP contribution in [0.15, 0.2) is 33.4 Å². The second kappa shape index (κ2) is 5.55. The van der Waals surface area contributed by atoms with Crippen molar-refractivity contribution in [3.05, 3.63) is 33.4 Å². The van der Waals surface area contributed by atoms with E-state index in [9.17, 15) is 4.79 Å². The molecule has 0 aromatic rings. The molecule has 0 N–H and O–H groups in total. The van der Waals surface area contributed by atoms with Gasteiger partial charge in [0.2, 0.25) is 0 Å². The summed E-state index contributed by atoms with van der Waals surface area (Å²) < 4.78 is 5.22. The number of hydrogen-bond acceptors (Lipinski definition) is 2. The zero-order valence-corrected chi connectivity index (χ0v) is 12.6. The van der Waals surface area contributed by atoms with Crippen LogP contribution in [0.5, 0.6) is 0 Å². The summed E-state index contributed by atoms with van der Waals surface area (Å²) in [6, 6.07) is 0. The highest BCUT2D eigenvalue weighted by Crippen LogP contribution is 2.36. The lowest BCUT2D eigenvalue weighted by Gasteiger charge is -2.19. The number of carbonyl (C=O) groups excluding carboxylic acids is 1. The molecule has 0 saturated heterocycles. The van der Waals surface area contributed by atoms with Crippen LogP contribution < -0.4 is 0 Å². The van der Waals surface area contributed by atoms with Gasteiger partial charge in [-0.2, -0.15) is 0 Å². The first kappa shape index (κ1) is 14.7. The Balaban J connectivity index is 3.41. The van der Waals surface area contributed by atoms with Gasteiger partial charge in [0.1, 0.15) is 0 Å². The molecule has 0 unspecified atom stereocenters. The highest BCUT2D eigenvalue weighted by Gasteiger charge is 2.29. The minimum atomic E-state index is -0.225. The molecule has 0 saturated carbocycles. The number of esters is 1. The molecule has 2 nitrogen and oxygen atoms in total. The molecule has 0 heterocycles. The van der Waals surface area contributed by atoms with Crippen molar-refractivity contribution in [1.82, 2.24) is 0 Å². The third-order valence-corrected chi connectivity index (χ3v) is 4.26. The first-order chi connectivity index (χ1) is 8.32. The fourth-order valence-electron chi connectivity index (χ4n) is 2.49. The summed E-state index contributed by atoms with van der Waals surface area (Å²) in [4.78, 5) is 12.2. The van der Waals surface area contributed by atoms with Crippen molar-refractivity contribution in [1.29, 1.82) is 0 Å². The topological polar surface area (TPSA) is 26.3 Å². The predicted molar refractivity (Wildman–Crippen MR) is 75.2 cm³/mol. The Kier molecular flexibility index (Phi) is 4.55. The van der Waals surface area contributed by atoms with Gasteiger partial charge in [0.25, 0.3) is 0 Å². The van der Waals surface area contributed by atoms with Gasteiger partial charge in [-0.15, -0.1) is 0 Å². The zero-order valence-electron chi connectivity index (χ0n) is 12.6. The molecular weight excluding hydrogens is 224 g/mol. The maximum atomic E-state index is 12.2. The minimum absolute atomic E-state index is 0.131. The third-order valence-electron chi connectivity index (χ3n) is 4.26. The second-order valence-corrected chi connectivity index (χ2v) is 5.05. The van der Waals surface area contributed by atoms with Crippen molar-refractivity contribution in [3.63, 3.8) is 0 Å². The molecular formula is C16H24O2. The summed E-state index contributed by atoms with van der Waals surface area (Å²) in [5.74, 6) is -0.356. The average molecular weight is 248 g/mol. The molecule has 100 valence electrons. The van der Waals surface area contributed by atoms with E-state index in [1.165, 1.54) is 22.3 Å². The standard InChI is InChI=1S/C16H24O2/c1-8-18-16(17)15-13(6)11(4)9(2)10(3)12(5)14(15)7/h15H,8H2,1-7H3. The molecule has 0 bridgehead atoms. The monoisotopic (exact) mass is 248 g/mol. The Morgan fingerprint density at radius 1 is 0.889 bits per heavy atom. The van der Waals surface area contributed by atoms with Gasteiger partial charge in [-0.25, -0.2) is 0 Å². The fraction of sp³-hybridized carbons (Fsp3) is 0.562. The van der Waals surface area contributed by atoms with Crippen LogP contribution in [0.3, 0.4) is 0 Å². The van der Waals surface area contributed by atoms with E-state index in [1.807, 2.05) is 20.8 Å². The molecule has 18 heavy (non-hydrogen) atoms. The van der Waals surface area contributed by atoms with Gasteiger partial charge in [0, 0.05) is 0 Å². The van der Waals surface area contributed by atoms with Crippen LogP contribution in [0.1, 0.15) is 48.5 Å². The minimum Gasteiger partial charge on any atom is -0.465 e. The average Bonchev–Trinajstić information content (AvgIpc) is 2.38. The number of rotatable bonds is 2. The number of carbonyl (C=O) groups is 1. The van der Waals surface area contributed by atoms with Crippen LogP contribution in [0.25, 0.3) is 0 Å². The van der Waals surface area contributed by atoms with Crippen LogP contribution >= 0.6 is 0 Å². The molecule has 0 aromatic carbocycles. The van der Waals surface area contributed by atoms with Crippen molar-refractivity contribution >= 4 is 5.97 Å². The van der Waals surface area contributed by atoms with Crippen molar-refractivity contribution in [2.24, 2.45) is 5.92 Å². The smallest absolute Gasteiger partial charge is 0.317 e. The van der Waals surface area contributed by atoms with Gasteiger partial charge < -0.3 is 4.74 Å². The Morgan fingerprint density at radius 2 is 1.28 bits per heavy atom. The van der Waals surface area contributed by atoms with Gasteiger partial charge in [0.05, 0.1) is 12.5 Å². The van der Waals surface area contributed by atoms with Crippen LogP contribution in [-0.4, -0.2) is 12.6 Å². The molecule has 0 aliphatic heterocycles. The molecule has 0 radical (unpaired) electrons. The van der Waals surface area contributed by atoms with E-state index in [2.05, 4.69) is 27.7 Å². The van der Waals surface area contributed by atoms with Crippen molar-refractivity contribution in [2.75, 3.05) is 6.61 Å². The quantitative estimate of drug-likeness (QED) is 0.685. The summed E-state index contributed by atoms with van der Waals surface area (Å²) in [7, 11) is 0. The van der Waals surface area contributed by atoms with E-state index < -0.39 is 0 Å². The first-order valence-electron chi connectivity index (χ1n) is 6.52. The predicted octanol–water partition coefficient (Wildman–Crippen LogP) is 4.19. The molecule has 0 spiro atoms. The maximum Gasteiger partial charge on any atom is 0.317 e. The molecule has 0 fully saturated rings. The largest absolute Gasteiger partial charge is 0.465 e. The lowest BCUT2D eigenvalue weighted by atomic mass is 9.88. The molecule has 2 heteroatoms. The normalized spacial score (nSPS) is 18.4. The van der Waals surface area contributed by atoms with E-state index in [-0.39, 0.29) is 11.9 Å². The van der Waals surface area contributed by atoms with E-state index >= 15 is 0 Å². The lowest BCUT2D eigenvalue weighted by molar-refractivity contribution is -0.145.